The first-order chi connectivity index (χ1) is 7.79. The molecule has 17 heavy (non-hydrogen) atoms. The van der Waals surface area contributed by atoms with Crippen LogP contribution in [0.15, 0.2) is 12.1 Å². The molecule has 0 atom stereocenters. The Morgan fingerprint density at radius 2 is 2.06 bits per heavy atom. The first kappa shape index (κ1) is 13.5. The molecule has 1 aromatic carbocycles. The summed E-state index contributed by atoms with van der Waals surface area (Å²) in [6, 6.07) is 2.95. The highest BCUT2D eigenvalue weighted by molar-refractivity contribution is 5.74. The van der Waals surface area contributed by atoms with E-state index in [9.17, 15) is 9.18 Å². The lowest BCUT2D eigenvalue weighted by Crippen LogP contribution is -2.27. The Morgan fingerprint density at radius 1 is 1.47 bits per heavy atom. The van der Waals surface area contributed by atoms with Gasteiger partial charge in [-0.05, 0) is 38.8 Å². The number of carboxylic acid groups (broad SMARTS) is 1. The summed E-state index contributed by atoms with van der Waals surface area (Å²) in [5.74, 6) is -0.957. The van der Waals surface area contributed by atoms with E-state index < -0.39 is 17.2 Å². The van der Waals surface area contributed by atoms with Crippen molar-refractivity contribution < 1.29 is 19.0 Å². The lowest BCUT2D eigenvalue weighted by molar-refractivity contribution is -0.146. The maximum absolute atomic E-state index is 13.7. The molecule has 0 unspecified atom stereocenters. The minimum absolute atomic E-state index is 0.0962. The summed E-state index contributed by atoms with van der Waals surface area (Å²) in [5.41, 5.74) is 0.0899. The number of benzene rings is 1. The third kappa shape index (κ3) is 2.75. The summed E-state index contributed by atoms with van der Waals surface area (Å²) in [6.45, 7) is 4.93. The molecule has 94 valence electrons. The van der Waals surface area contributed by atoms with Gasteiger partial charge in [-0.25, -0.2) is 4.39 Å². The van der Waals surface area contributed by atoms with Gasteiger partial charge in [-0.1, -0.05) is 6.07 Å². The number of halogens is 1. The van der Waals surface area contributed by atoms with E-state index in [-0.39, 0.29) is 6.42 Å². The van der Waals surface area contributed by atoms with Crippen LogP contribution in [0.25, 0.3) is 0 Å². The monoisotopic (exact) mass is 240 g/mol. The standard InChI is InChI=1S/C13H17FO3/c1-8-5-6-10(14)9(11(8)17-4)7-13(2,3)12(15)16/h5-6H,7H2,1-4H3,(H,15,16). The summed E-state index contributed by atoms with van der Waals surface area (Å²) >= 11 is 0. The van der Waals surface area contributed by atoms with Gasteiger partial charge < -0.3 is 9.84 Å². The van der Waals surface area contributed by atoms with Gasteiger partial charge in [0.1, 0.15) is 11.6 Å². The lowest BCUT2D eigenvalue weighted by atomic mass is 9.85. The predicted molar refractivity (Wildman–Crippen MR) is 62.8 cm³/mol. The number of aryl methyl sites for hydroxylation is 1. The summed E-state index contributed by atoms with van der Waals surface area (Å²) in [7, 11) is 1.46. The van der Waals surface area contributed by atoms with E-state index in [0.717, 1.165) is 5.56 Å². The van der Waals surface area contributed by atoms with Gasteiger partial charge in [0, 0.05) is 5.56 Å². The third-order valence-electron chi connectivity index (χ3n) is 2.80. The number of aliphatic carboxylic acids is 1. The molecule has 0 fully saturated rings. The Bertz CT molecular complexity index is 439. The summed E-state index contributed by atoms with van der Waals surface area (Å²) < 4.78 is 18.9. The van der Waals surface area contributed by atoms with Crippen molar-refractivity contribution in [3.05, 3.63) is 29.1 Å². The second kappa shape index (κ2) is 4.73. The third-order valence-corrected chi connectivity index (χ3v) is 2.80. The molecule has 1 N–H and O–H groups in total. The fourth-order valence-electron chi connectivity index (χ4n) is 1.69. The van der Waals surface area contributed by atoms with E-state index in [1.165, 1.54) is 13.2 Å². The van der Waals surface area contributed by atoms with Crippen molar-refractivity contribution in [2.45, 2.75) is 27.2 Å². The zero-order valence-electron chi connectivity index (χ0n) is 10.5. The van der Waals surface area contributed by atoms with E-state index in [4.69, 9.17) is 9.84 Å². The highest BCUT2D eigenvalue weighted by Crippen LogP contribution is 2.32. The van der Waals surface area contributed by atoms with Crippen LogP contribution in [0, 0.1) is 18.2 Å². The van der Waals surface area contributed by atoms with Crippen molar-refractivity contribution in [2.24, 2.45) is 5.41 Å². The van der Waals surface area contributed by atoms with Gasteiger partial charge in [0.15, 0.2) is 0 Å². The van der Waals surface area contributed by atoms with Crippen LogP contribution in [-0.2, 0) is 11.2 Å². The number of hydrogen-bond donors (Lipinski definition) is 1. The van der Waals surface area contributed by atoms with Gasteiger partial charge in [0.2, 0.25) is 0 Å². The van der Waals surface area contributed by atoms with Gasteiger partial charge in [-0.3, -0.25) is 4.79 Å². The van der Waals surface area contributed by atoms with Gasteiger partial charge in [-0.15, -0.1) is 0 Å². The first-order valence-corrected chi connectivity index (χ1v) is 5.35. The number of methoxy groups -OCH3 is 1. The molecule has 0 aliphatic carbocycles. The molecule has 0 saturated heterocycles. The molecule has 3 nitrogen and oxygen atoms in total. The van der Waals surface area contributed by atoms with Crippen LogP contribution < -0.4 is 4.74 Å². The molecule has 0 aliphatic rings. The van der Waals surface area contributed by atoms with E-state index in [0.29, 0.717) is 11.3 Å². The van der Waals surface area contributed by atoms with Crippen LogP contribution >= 0.6 is 0 Å². The summed E-state index contributed by atoms with van der Waals surface area (Å²) in [6.07, 6.45) is 0.0962. The number of ether oxygens (including phenoxy) is 1. The first-order valence-electron chi connectivity index (χ1n) is 5.35. The highest BCUT2D eigenvalue weighted by atomic mass is 19.1. The number of carboxylic acids is 1. The maximum Gasteiger partial charge on any atom is 0.309 e. The molecule has 0 spiro atoms. The van der Waals surface area contributed by atoms with Crippen molar-refractivity contribution in [3.8, 4) is 5.75 Å². The van der Waals surface area contributed by atoms with Crippen LogP contribution in [0.5, 0.6) is 5.75 Å². The van der Waals surface area contributed by atoms with Crippen LogP contribution in [0.4, 0.5) is 4.39 Å². The zero-order chi connectivity index (χ0) is 13.2. The predicted octanol–water partition coefficient (Wildman–Crippen LogP) is 2.80. The van der Waals surface area contributed by atoms with Crippen LogP contribution in [0.2, 0.25) is 0 Å². The van der Waals surface area contributed by atoms with Crippen molar-refractivity contribution in [1.82, 2.24) is 0 Å². The molecule has 1 rings (SSSR count). The van der Waals surface area contributed by atoms with E-state index in [1.807, 2.05) is 0 Å². The molecule has 1 aromatic rings. The SMILES string of the molecule is COc1c(C)ccc(F)c1CC(C)(C)C(=O)O. The molecular weight excluding hydrogens is 223 g/mol. The van der Waals surface area contributed by atoms with Gasteiger partial charge >= 0.3 is 5.97 Å². The molecule has 0 heterocycles. The molecule has 0 bridgehead atoms. The Hall–Kier alpha value is -1.58. The van der Waals surface area contributed by atoms with Crippen molar-refractivity contribution >= 4 is 5.97 Å². The van der Waals surface area contributed by atoms with E-state index in [2.05, 4.69) is 0 Å². The fourth-order valence-corrected chi connectivity index (χ4v) is 1.69. The van der Waals surface area contributed by atoms with Crippen molar-refractivity contribution in [3.63, 3.8) is 0 Å². The average molecular weight is 240 g/mol. The zero-order valence-corrected chi connectivity index (χ0v) is 10.5. The van der Waals surface area contributed by atoms with Crippen molar-refractivity contribution in [2.75, 3.05) is 7.11 Å². The van der Waals surface area contributed by atoms with Crippen LogP contribution in [0.1, 0.15) is 25.0 Å². The van der Waals surface area contributed by atoms with Crippen LogP contribution in [0.3, 0.4) is 0 Å². The number of hydrogen-bond acceptors (Lipinski definition) is 2. The number of carbonyl (C=O) groups is 1. The highest BCUT2D eigenvalue weighted by Gasteiger charge is 2.30. The van der Waals surface area contributed by atoms with Crippen LogP contribution in [-0.4, -0.2) is 18.2 Å². The van der Waals surface area contributed by atoms with Gasteiger partial charge in [-0.2, -0.15) is 0 Å². The smallest absolute Gasteiger partial charge is 0.309 e. The molecule has 0 amide bonds. The molecule has 0 saturated carbocycles. The fraction of sp³-hybridized carbons (Fsp3) is 0.462. The van der Waals surface area contributed by atoms with Gasteiger partial charge in [0.25, 0.3) is 0 Å². The molecule has 0 aromatic heterocycles. The Kier molecular flexibility index (Phi) is 3.76. The molecule has 0 aliphatic heterocycles. The van der Waals surface area contributed by atoms with E-state index >= 15 is 0 Å². The molecule has 4 heteroatoms. The Morgan fingerprint density at radius 3 is 2.53 bits per heavy atom. The second-order valence-electron chi connectivity index (χ2n) is 4.74. The lowest BCUT2D eigenvalue weighted by Gasteiger charge is -2.21. The largest absolute Gasteiger partial charge is 0.496 e. The molecular formula is C13H17FO3. The van der Waals surface area contributed by atoms with E-state index in [1.54, 1.807) is 26.8 Å². The summed E-state index contributed by atoms with van der Waals surface area (Å²) in [5, 5.41) is 9.06. The quantitative estimate of drug-likeness (QED) is 0.880. The topological polar surface area (TPSA) is 46.5 Å². The summed E-state index contributed by atoms with van der Waals surface area (Å²) in [4.78, 5) is 11.1. The Balaban J connectivity index is 3.22. The second-order valence-corrected chi connectivity index (χ2v) is 4.74. The number of rotatable bonds is 4. The average Bonchev–Trinajstić information content (AvgIpc) is 2.23. The molecule has 0 radical (unpaired) electrons. The minimum atomic E-state index is -1.03. The van der Waals surface area contributed by atoms with Gasteiger partial charge in [0.05, 0.1) is 12.5 Å². The normalized spacial score (nSPS) is 11.4. The van der Waals surface area contributed by atoms with Crippen molar-refractivity contribution in [1.29, 1.82) is 0 Å². The Labute approximate surface area is 100 Å². The maximum atomic E-state index is 13.7. The minimum Gasteiger partial charge on any atom is -0.496 e.